The summed E-state index contributed by atoms with van der Waals surface area (Å²) >= 11 is 0. The molecule has 1 aliphatic rings. The number of aromatic amines is 1. The monoisotopic (exact) mass is 535 g/mol. The number of hydrogen-bond acceptors (Lipinski definition) is 3. The highest BCUT2D eigenvalue weighted by atomic mass is 19.4. The second-order valence-electron chi connectivity index (χ2n) is 8.82. The highest BCUT2D eigenvalue weighted by molar-refractivity contribution is 6.35. The number of carbonyl (C=O) groups is 2. The van der Waals surface area contributed by atoms with Crippen molar-refractivity contribution < 1.29 is 27.2 Å². The minimum absolute atomic E-state index is 0.221. The maximum atomic E-state index is 14.0. The molecule has 0 radical (unpaired) electrons. The smallest absolute Gasteiger partial charge is 0.362 e. The van der Waals surface area contributed by atoms with E-state index in [4.69, 9.17) is 0 Å². The fraction of sp³-hybridized carbons (Fsp3) is 0.0714. The summed E-state index contributed by atoms with van der Waals surface area (Å²) in [6.07, 6.45) is -1.15. The lowest BCUT2D eigenvalue weighted by molar-refractivity contribution is -0.137. The van der Waals surface area contributed by atoms with Gasteiger partial charge in [0.2, 0.25) is 0 Å². The van der Waals surface area contributed by atoms with Crippen LogP contribution in [0.5, 0.6) is 0 Å². The van der Waals surface area contributed by atoms with Gasteiger partial charge in [0.15, 0.2) is 0 Å². The van der Waals surface area contributed by atoms with Crippen LogP contribution in [0, 0.1) is 12.7 Å². The third-order valence-electron chi connectivity index (χ3n) is 6.04. The van der Waals surface area contributed by atoms with E-state index in [0.29, 0.717) is 52.1 Å². The van der Waals surface area contributed by atoms with Crippen molar-refractivity contribution in [2.75, 3.05) is 21.3 Å². The summed E-state index contributed by atoms with van der Waals surface area (Å²) in [5.41, 5.74) is 3.32. The lowest BCUT2D eigenvalue weighted by Crippen LogP contribution is -2.21. The summed E-state index contributed by atoms with van der Waals surface area (Å²) in [6.45, 7) is 1.73. The van der Waals surface area contributed by atoms with Crippen molar-refractivity contribution >= 4 is 52.0 Å². The Kier molecular flexibility index (Phi) is 6.57. The van der Waals surface area contributed by atoms with Crippen LogP contribution in [-0.4, -0.2) is 16.9 Å². The summed E-state index contributed by atoms with van der Waals surface area (Å²) in [4.78, 5) is 28.0. The Morgan fingerprint density at radius 2 is 1.67 bits per heavy atom. The highest BCUT2D eigenvalue weighted by Gasteiger charge is 2.31. The summed E-state index contributed by atoms with van der Waals surface area (Å²) in [5.74, 6) is -1.22. The van der Waals surface area contributed by atoms with E-state index < -0.39 is 29.3 Å². The van der Waals surface area contributed by atoms with Gasteiger partial charge < -0.3 is 26.3 Å². The molecule has 0 fully saturated rings. The third kappa shape index (κ3) is 5.61. The van der Waals surface area contributed by atoms with E-state index in [0.717, 1.165) is 11.3 Å². The predicted molar refractivity (Wildman–Crippen MR) is 142 cm³/mol. The molecule has 7 nitrogen and oxygen atoms in total. The average molecular weight is 536 g/mol. The van der Waals surface area contributed by atoms with Gasteiger partial charge in [0, 0.05) is 34.5 Å². The van der Waals surface area contributed by atoms with Crippen LogP contribution in [0.25, 0.3) is 11.6 Å². The number of rotatable bonds is 5. The molecule has 2 heterocycles. The third-order valence-corrected chi connectivity index (χ3v) is 6.04. The molecule has 39 heavy (non-hydrogen) atoms. The molecule has 198 valence electrons. The Labute approximate surface area is 219 Å². The molecule has 3 amide bonds. The molecule has 0 bridgehead atoms. The van der Waals surface area contributed by atoms with Crippen molar-refractivity contribution in [3.05, 3.63) is 101 Å². The minimum atomic E-state index is -4.68. The van der Waals surface area contributed by atoms with Crippen LogP contribution in [0.2, 0.25) is 0 Å². The van der Waals surface area contributed by atoms with E-state index in [1.165, 1.54) is 0 Å². The molecule has 5 N–H and O–H groups in total. The van der Waals surface area contributed by atoms with Gasteiger partial charge in [-0.2, -0.15) is 13.2 Å². The van der Waals surface area contributed by atoms with Gasteiger partial charge in [0.05, 0.1) is 22.5 Å². The van der Waals surface area contributed by atoms with Crippen molar-refractivity contribution in [2.45, 2.75) is 13.1 Å². The molecular weight excluding hydrogens is 514 g/mol. The molecule has 1 aliphatic heterocycles. The first-order valence-electron chi connectivity index (χ1n) is 11.7. The fourth-order valence-corrected chi connectivity index (χ4v) is 4.08. The molecule has 1 aromatic heterocycles. The predicted octanol–water partition coefficient (Wildman–Crippen LogP) is 7.36. The van der Waals surface area contributed by atoms with Gasteiger partial charge in [-0.25, -0.2) is 9.18 Å². The van der Waals surface area contributed by atoms with Crippen LogP contribution >= 0.6 is 0 Å². The number of hydrogen-bond donors (Lipinski definition) is 5. The molecule has 0 atom stereocenters. The molecule has 0 spiro atoms. The van der Waals surface area contributed by atoms with Crippen LogP contribution in [0.15, 0.2) is 72.9 Å². The van der Waals surface area contributed by atoms with Gasteiger partial charge in [0.25, 0.3) is 5.91 Å². The van der Waals surface area contributed by atoms with Crippen molar-refractivity contribution in [2.24, 2.45) is 0 Å². The molecule has 11 heteroatoms. The van der Waals surface area contributed by atoms with Crippen molar-refractivity contribution in [1.29, 1.82) is 0 Å². The zero-order valence-corrected chi connectivity index (χ0v) is 20.3. The van der Waals surface area contributed by atoms with Crippen molar-refractivity contribution in [1.82, 2.24) is 4.98 Å². The van der Waals surface area contributed by atoms with E-state index in [1.54, 1.807) is 49.5 Å². The van der Waals surface area contributed by atoms with Crippen molar-refractivity contribution in [3.63, 3.8) is 0 Å². The number of nitrogens with one attached hydrogen (secondary N) is 5. The summed E-state index contributed by atoms with van der Waals surface area (Å²) in [5, 5.41) is 10.7. The van der Waals surface area contributed by atoms with Gasteiger partial charge in [-0.1, -0.05) is 12.1 Å². The standard InChI is InChI=1S/C28H21F4N5O2/c1-15-4-6-18(13-23(15)36-27(39)37-25-11-16(28(30,31)32)5-9-22(25)29)34-19-7-8-20-21(12-17-3-2-10-33-17)26(38)35-24(20)14-19/h2-14,33-34H,1H3,(H,35,38)(H2,36,37,39)/b21-12-. The number of fused-ring (bicyclic) bond motifs is 1. The quantitative estimate of drug-likeness (QED) is 0.136. The lowest BCUT2D eigenvalue weighted by Gasteiger charge is -2.14. The lowest BCUT2D eigenvalue weighted by atomic mass is 10.1. The molecule has 4 aromatic rings. The van der Waals surface area contributed by atoms with Crippen LogP contribution in [0.3, 0.4) is 0 Å². The number of carbonyl (C=O) groups excluding carboxylic acids is 2. The second-order valence-corrected chi connectivity index (χ2v) is 8.82. The van der Waals surface area contributed by atoms with Crippen LogP contribution in [0.4, 0.5) is 50.8 Å². The summed E-state index contributed by atoms with van der Waals surface area (Å²) < 4.78 is 52.9. The number of H-pyrrole nitrogens is 1. The van der Waals surface area contributed by atoms with Crippen LogP contribution < -0.4 is 21.3 Å². The number of halogens is 4. The number of benzene rings is 3. The molecule has 3 aromatic carbocycles. The van der Waals surface area contributed by atoms with E-state index in [1.807, 2.05) is 18.2 Å². The second kappa shape index (κ2) is 10.0. The summed E-state index contributed by atoms with van der Waals surface area (Å²) in [6, 6.07) is 15.1. The molecule has 0 aliphatic carbocycles. The number of urea groups is 1. The highest BCUT2D eigenvalue weighted by Crippen LogP contribution is 2.36. The van der Waals surface area contributed by atoms with Gasteiger partial charge in [-0.3, -0.25) is 4.79 Å². The maximum absolute atomic E-state index is 14.0. The largest absolute Gasteiger partial charge is 0.416 e. The zero-order chi connectivity index (χ0) is 27.7. The van der Waals surface area contributed by atoms with Gasteiger partial charge in [-0.05, 0) is 73.2 Å². The van der Waals surface area contributed by atoms with Crippen molar-refractivity contribution in [3.8, 4) is 0 Å². The maximum Gasteiger partial charge on any atom is 0.416 e. The van der Waals surface area contributed by atoms with E-state index in [2.05, 4.69) is 26.3 Å². The first-order valence-corrected chi connectivity index (χ1v) is 11.7. The van der Waals surface area contributed by atoms with Crippen LogP contribution in [0.1, 0.15) is 22.4 Å². The van der Waals surface area contributed by atoms with Gasteiger partial charge >= 0.3 is 12.2 Å². The Hall–Kier alpha value is -5.06. The van der Waals surface area contributed by atoms with E-state index in [9.17, 15) is 27.2 Å². The summed E-state index contributed by atoms with van der Waals surface area (Å²) in [7, 11) is 0. The molecule has 0 saturated carbocycles. The van der Waals surface area contributed by atoms with E-state index >= 15 is 0 Å². The normalized spacial score (nSPS) is 13.7. The molecule has 0 saturated heterocycles. The average Bonchev–Trinajstić information content (AvgIpc) is 3.49. The Morgan fingerprint density at radius 1 is 0.923 bits per heavy atom. The Balaban J connectivity index is 1.31. The van der Waals surface area contributed by atoms with Gasteiger partial charge in [0.1, 0.15) is 5.82 Å². The number of alkyl halides is 3. The minimum Gasteiger partial charge on any atom is -0.362 e. The Bertz CT molecular complexity index is 1610. The topological polar surface area (TPSA) is 98.0 Å². The number of amides is 3. The Morgan fingerprint density at radius 3 is 2.41 bits per heavy atom. The SMILES string of the molecule is Cc1ccc(Nc2ccc3c(c2)NC(=O)/C3=C\c2ccc[nH]2)cc1NC(=O)Nc1cc(C(F)(F)F)ccc1F. The number of anilines is 5. The first kappa shape index (κ1) is 25.6. The zero-order valence-electron chi connectivity index (χ0n) is 20.3. The molecule has 0 unspecified atom stereocenters. The van der Waals surface area contributed by atoms with Crippen LogP contribution in [-0.2, 0) is 11.0 Å². The number of aromatic nitrogens is 1. The molecular formula is C28H21F4N5O2. The van der Waals surface area contributed by atoms with Gasteiger partial charge in [-0.15, -0.1) is 0 Å². The fourth-order valence-electron chi connectivity index (χ4n) is 4.08. The molecule has 5 rings (SSSR count). The number of aryl methyl sites for hydroxylation is 1. The first-order chi connectivity index (χ1) is 18.6. The van der Waals surface area contributed by atoms with E-state index in [-0.39, 0.29) is 5.91 Å².